The maximum Gasteiger partial charge on any atom is 0.242 e. The third kappa shape index (κ3) is 2.97. The van der Waals surface area contributed by atoms with Crippen molar-refractivity contribution in [3.8, 4) is 11.5 Å². The summed E-state index contributed by atoms with van der Waals surface area (Å²) >= 11 is 0. The van der Waals surface area contributed by atoms with Gasteiger partial charge in [-0.2, -0.15) is 5.10 Å². The van der Waals surface area contributed by atoms with Crippen molar-refractivity contribution in [3.63, 3.8) is 0 Å². The minimum atomic E-state index is -0.0716. The van der Waals surface area contributed by atoms with Gasteiger partial charge in [-0.3, -0.25) is 4.79 Å². The van der Waals surface area contributed by atoms with Crippen molar-refractivity contribution < 1.29 is 14.3 Å². The molecule has 2 aliphatic rings. The molecule has 0 N–H and O–H groups in total. The first-order valence-corrected chi connectivity index (χ1v) is 9.38. The SMILES string of the molecule is CCC(=O)N1N=C2c3cc(OC)ccc3CC[C@@H]2[C@@H]1c1ccc(OC)cc1. The van der Waals surface area contributed by atoms with E-state index in [1.165, 1.54) is 5.56 Å². The van der Waals surface area contributed by atoms with E-state index >= 15 is 0 Å². The molecule has 1 heterocycles. The van der Waals surface area contributed by atoms with Gasteiger partial charge in [0.2, 0.25) is 5.91 Å². The van der Waals surface area contributed by atoms with E-state index in [1.54, 1.807) is 19.2 Å². The van der Waals surface area contributed by atoms with Crippen LogP contribution < -0.4 is 9.47 Å². The molecule has 2 aromatic carbocycles. The first-order chi connectivity index (χ1) is 13.2. The summed E-state index contributed by atoms with van der Waals surface area (Å²) < 4.78 is 10.7. The molecule has 5 nitrogen and oxygen atoms in total. The molecule has 0 fully saturated rings. The maximum atomic E-state index is 12.7. The zero-order valence-corrected chi connectivity index (χ0v) is 15.9. The van der Waals surface area contributed by atoms with Gasteiger partial charge in [0.15, 0.2) is 0 Å². The van der Waals surface area contributed by atoms with Crippen molar-refractivity contribution in [2.45, 2.75) is 32.2 Å². The molecule has 4 rings (SSSR count). The van der Waals surface area contributed by atoms with Gasteiger partial charge >= 0.3 is 0 Å². The molecule has 2 atom stereocenters. The lowest BCUT2D eigenvalue weighted by Crippen LogP contribution is -2.31. The number of amides is 1. The van der Waals surface area contributed by atoms with Crippen LogP contribution in [0.5, 0.6) is 11.5 Å². The molecule has 0 radical (unpaired) electrons. The van der Waals surface area contributed by atoms with Crippen molar-refractivity contribution in [2.24, 2.45) is 11.0 Å². The van der Waals surface area contributed by atoms with Gasteiger partial charge < -0.3 is 9.47 Å². The van der Waals surface area contributed by atoms with E-state index in [-0.39, 0.29) is 17.9 Å². The molecule has 5 heteroatoms. The number of hydrazone groups is 1. The number of fused-ring (bicyclic) bond motifs is 3. The molecule has 0 unspecified atom stereocenters. The Labute approximate surface area is 159 Å². The Morgan fingerprint density at radius 3 is 2.48 bits per heavy atom. The van der Waals surface area contributed by atoms with E-state index in [2.05, 4.69) is 6.07 Å². The lowest BCUT2D eigenvalue weighted by Gasteiger charge is -2.29. The van der Waals surface area contributed by atoms with Crippen LogP contribution >= 0.6 is 0 Å². The summed E-state index contributed by atoms with van der Waals surface area (Å²) in [6.07, 6.45) is 2.38. The van der Waals surface area contributed by atoms with Gasteiger partial charge in [-0.25, -0.2) is 5.01 Å². The number of rotatable bonds is 4. The zero-order chi connectivity index (χ0) is 19.0. The van der Waals surface area contributed by atoms with Crippen LogP contribution in [-0.2, 0) is 11.2 Å². The first-order valence-electron chi connectivity index (χ1n) is 9.38. The number of aryl methyl sites for hydroxylation is 1. The maximum absolute atomic E-state index is 12.7. The number of carbonyl (C=O) groups excluding carboxylic acids is 1. The molecular formula is C22H24N2O3. The highest BCUT2D eigenvalue weighted by molar-refractivity contribution is 6.07. The number of methoxy groups -OCH3 is 2. The van der Waals surface area contributed by atoms with Crippen LogP contribution in [0.25, 0.3) is 0 Å². The van der Waals surface area contributed by atoms with Crippen LogP contribution in [-0.4, -0.2) is 30.8 Å². The van der Waals surface area contributed by atoms with Crippen molar-refractivity contribution in [1.82, 2.24) is 5.01 Å². The number of hydrogen-bond acceptors (Lipinski definition) is 4. The molecule has 0 aromatic heterocycles. The molecule has 0 bridgehead atoms. The molecule has 0 saturated carbocycles. The minimum absolute atomic E-state index is 0.0437. The second-order valence-corrected chi connectivity index (χ2v) is 6.96. The average Bonchev–Trinajstić information content (AvgIpc) is 3.12. The molecule has 27 heavy (non-hydrogen) atoms. The van der Waals surface area contributed by atoms with E-state index in [0.29, 0.717) is 6.42 Å². The molecule has 140 valence electrons. The Kier molecular flexibility index (Phi) is 4.60. The number of carbonyl (C=O) groups is 1. The minimum Gasteiger partial charge on any atom is -0.497 e. The quantitative estimate of drug-likeness (QED) is 0.825. The van der Waals surface area contributed by atoms with Gasteiger partial charge in [-0.15, -0.1) is 0 Å². The summed E-state index contributed by atoms with van der Waals surface area (Å²) in [4.78, 5) is 12.7. The van der Waals surface area contributed by atoms with Gasteiger partial charge in [0.25, 0.3) is 0 Å². The number of ether oxygens (including phenoxy) is 2. The second-order valence-electron chi connectivity index (χ2n) is 6.96. The van der Waals surface area contributed by atoms with E-state index in [0.717, 1.165) is 41.2 Å². The fourth-order valence-corrected chi connectivity index (χ4v) is 4.12. The Morgan fingerprint density at radius 1 is 1.11 bits per heavy atom. The highest BCUT2D eigenvalue weighted by atomic mass is 16.5. The summed E-state index contributed by atoms with van der Waals surface area (Å²) in [6, 6.07) is 14.1. The molecule has 1 aliphatic heterocycles. The smallest absolute Gasteiger partial charge is 0.242 e. The molecular weight excluding hydrogens is 340 g/mol. The highest BCUT2D eigenvalue weighted by Gasteiger charge is 2.43. The molecule has 2 aromatic rings. The van der Waals surface area contributed by atoms with Crippen LogP contribution in [0.15, 0.2) is 47.6 Å². The third-order valence-electron chi connectivity index (χ3n) is 5.54. The van der Waals surface area contributed by atoms with Gasteiger partial charge in [0.1, 0.15) is 11.5 Å². The Hall–Kier alpha value is -2.82. The Morgan fingerprint density at radius 2 is 1.81 bits per heavy atom. The molecule has 0 saturated heterocycles. The highest BCUT2D eigenvalue weighted by Crippen LogP contribution is 2.44. The third-order valence-corrected chi connectivity index (χ3v) is 5.54. The van der Waals surface area contributed by atoms with Gasteiger partial charge in [0, 0.05) is 17.9 Å². The van der Waals surface area contributed by atoms with Crippen LogP contribution in [0, 0.1) is 5.92 Å². The number of nitrogens with zero attached hydrogens (tertiary/aromatic N) is 2. The fraction of sp³-hybridized carbons (Fsp3) is 0.364. The van der Waals surface area contributed by atoms with Crippen LogP contribution in [0.3, 0.4) is 0 Å². The number of benzene rings is 2. The second kappa shape index (κ2) is 7.06. The lowest BCUT2D eigenvalue weighted by atomic mass is 9.77. The Balaban J connectivity index is 1.78. The van der Waals surface area contributed by atoms with Crippen molar-refractivity contribution in [2.75, 3.05) is 14.2 Å². The summed E-state index contributed by atoms with van der Waals surface area (Å²) in [7, 11) is 3.33. The van der Waals surface area contributed by atoms with Gasteiger partial charge in [0.05, 0.1) is 26.0 Å². The van der Waals surface area contributed by atoms with E-state index < -0.39 is 0 Å². The normalized spacial score (nSPS) is 20.6. The summed E-state index contributed by atoms with van der Waals surface area (Å²) in [6.45, 7) is 1.88. The zero-order valence-electron chi connectivity index (χ0n) is 15.9. The van der Waals surface area contributed by atoms with Crippen molar-refractivity contribution >= 4 is 11.6 Å². The largest absolute Gasteiger partial charge is 0.497 e. The average molecular weight is 364 g/mol. The standard InChI is InChI=1S/C22H24N2O3/c1-4-20(25)24-22(15-6-9-16(26-2)10-7-15)18-12-8-14-5-11-17(27-3)13-19(14)21(18)23-24/h5-7,9-11,13,18,22H,4,8,12H2,1-3H3/t18-,22-/m0/s1. The molecule has 0 spiro atoms. The predicted molar refractivity (Wildman–Crippen MR) is 104 cm³/mol. The van der Waals surface area contributed by atoms with Crippen LogP contribution in [0.2, 0.25) is 0 Å². The van der Waals surface area contributed by atoms with Crippen molar-refractivity contribution in [3.05, 3.63) is 59.2 Å². The van der Waals surface area contributed by atoms with E-state index in [1.807, 2.05) is 43.3 Å². The topological polar surface area (TPSA) is 51.1 Å². The molecule has 1 amide bonds. The number of hydrogen-bond donors (Lipinski definition) is 0. The van der Waals surface area contributed by atoms with E-state index in [9.17, 15) is 4.79 Å². The van der Waals surface area contributed by atoms with Crippen molar-refractivity contribution in [1.29, 1.82) is 0 Å². The lowest BCUT2D eigenvalue weighted by molar-refractivity contribution is -0.133. The molecule has 1 aliphatic carbocycles. The van der Waals surface area contributed by atoms with Crippen LogP contribution in [0.4, 0.5) is 0 Å². The predicted octanol–water partition coefficient (Wildman–Crippen LogP) is 3.96. The first kappa shape index (κ1) is 17.6. The van der Waals surface area contributed by atoms with Gasteiger partial charge in [-0.05, 0) is 48.2 Å². The summed E-state index contributed by atoms with van der Waals surface area (Å²) in [5, 5.41) is 6.50. The Bertz CT molecular complexity index is 889. The summed E-state index contributed by atoms with van der Waals surface area (Å²) in [5.74, 6) is 1.86. The summed E-state index contributed by atoms with van der Waals surface area (Å²) in [5.41, 5.74) is 4.46. The fourth-order valence-electron chi connectivity index (χ4n) is 4.12. The van der Waals surface area contributed by atoms with E-state index in [4.69, 9.17) is 14.6 Å². The van der Waals surface area contributed by atoms with Crippen LogP contribution in [0.1, 0.15) is 42.5 Å². The van der Waals surface area contributed by atoms with Gasteiger partial charge in [-0.1, -0.05) is 25.1 Å². The monoisotopic (exact) mass is 364 g/mol.